The fraction of sp³-hybridized carbons (Fsp3) is 0.138. The smallest absolute Gasteiger partial charge is 0.335 e. The van der Waals surface area contributed by atoms with Gasteiger partial charge in [-0.1, -0.05) is 54.1 Å². The molecule has 0 aromatic heterocycles. The first-order valence-electron chi connectivity index (χ1n) is 11.5. The summed E-state index contributed by atoms with van der Waals surface area (Å²) in [6.07, 6.45) is 3.61. The molecule has 3 aromatic rings. The van der Waals surface area contributed by atoms with Gasteiger partial charge in [-0.2, -0.15) is 0 Å². The summed E-state index contributed by atoms with van der Waals surface area (Å²) in [6.45, 7) is 5.96. The van der Waals surface area contributed by atoms with Gasteiger partial charge < -0.3 is 9.47 Å². The minimum Gasteiger partial charge on any atom is -0.493 e. The van der Waals surface area contributed by atoms with Crippen molar-refractivity contribution in [3.8, 4) is 11.5 Å². The van der Waals surface area contributed by atoms with E-state index in [1.165, 1.54) is 19.3 Å². The molecule has 0 atom stereocenters. The number of carbonyl (C=O) groups is 3. The number of halogens is 1. The number of anilines is 1. The number of carbonyl (C=O) groups excluding carboxylic acids is 3. The highest BCUT2D eigenvalue weighted by Crippen LogP contribution is 2.35. The lowest BCUT2D eigenvalue weighted by molar-refractivity contribution is -0.122. The molecule has 4 rings (SSSR count). The Hall–Kier alpha value is -4.36. The van der Waals surface area contributed by atoms with Crippen LogP contribution in [0.25, 0.3) is 6.08 Å². The van der Waals surface area contributed by atoms with E-state index in [1.807, 2.05) is 30.3 Å². The van der Waals surface area contributed by atoms with Gasteiger partial charge in [-0.05, 0) is 60.4 Å². The molecule has 1 fully saturated rings. The van der Waals surface area contributed by atoms with Crippen LogP contribution in [-0.2, 0) is 22.6 Å². The van der Waals surface area contributed by atoms with E-state index < -0.39 is 17.8 Å². The highest BCUT2D eigenvalue weighted by molar-refractivity contribution is 6.39. The number of imide groups is 2. The van der Waals surface area contributed by atoms with Crippen molar-refractivity contribution in [3.63, 3.8) is 0 Å². The number of hydrogen-bond acceptors (Lipinski definition) is 5. The number of urea groups is 1. The Morgan fingerprint density at radius 2 is 1.81 bits per heavy atom. The van der Waals surface area contributed by atoms with E-state index >= 15 is 0 Å². The number of nitrogens with one attached hydrogen (secondary N) is 1. The van der Waals surface area contributed by atoms with Gasteiger partial charge in [0.1, 0.15) is 12.2 Å². The molecule has 0 aliphatic carbocycles. The number of methoxy groups -OCH3 is 1. The van der Waals surface area contributed by atoms with Gasteiger partial charge in [0.2, 0.25) is 0 Å². The summed E-state index contributed by atoms with van der Waals surface area (Å²) in [6, 6.07) is 17.1. The van der Waals surface area contributed by atoms with Crippen LogP contribution in [0, 0.1) is 6.92 Å². The third-order valence-electron chi connectivity index (χ3n) is 5.79. The molecule has 0 saturated carbocycles. The zero-order valence-corrected chi connectivity index (χ0v) is 21.2. The quantitative estimate of drug-likeness (QED) is 0.238. The molecule has 0 spiro atoms. The number of rotatable bonds is 8. The number of allylic oxidation sites excluding steroid dienone is 1. The van der Waals surface area contributed by atoms with Crippen molar-refractivity contribution >= 4 is 41.2 Å². The summed E-state index contributed by atoms with van der Waals surface area (Å²) in [4.78, 5) is 39.4. The zero-order chi connectivity index (χ0) is 26.5. The number of ether oxygens (including phenoxy) is 2. The topological polar surface area (TPSA) is 84.9 Å². The molecule has 8 heteroatoms. The largest absolute Gasteiger partial charge is 0.493 e. The molecule has 1 aliphatic heterocycles. The number of aryl methyl sites for hydroxylation is 1. The van der Waals surface area contributed by atoms with Crippen molar-refractivity contribution in [2.75, 3.05) is 12.0 Å². The first kappa shape index (κ1) is 25.7. The van der Waals surface area contributed by atoms with Gasteiger partial charge in [0, 0.05) is 10.6 Å². The van der Waals surface area contributed by atoms with E-state index in [1.54, 1.807) is 37.3 Å². The molecule has 4 amide bonds. The predicted octanol–water partition coefficient (Wildman–Crippen LogP) is 5.63. The highest BCUT2D eigenvalue weighted by atomic mass is 35.5. The van der Waals surface area contributed by atoms with E-state index in [9.17, 15) is 14.4 Å². The van der Waals surface area contributed by atoms with Crippen molar-refractivity contribution in [1.82, 2.24) is 5.32 Å². The Kier molecular flexibility index (Phi) is 7.74. The lowest BCUT2D eigenvalue weighted by Gasteiger charge is -2.26. The zero-order valence-electron chi connectivity index (χ0n) is 20.4. The number of nitrogens with zero attached hydrogens (tertiary/aromatic N) is 1. The van der Waals surface area contributed by atoms with Crippen LogP contribution in [0.1, 0.15) is 22.3 Å². The summed E-state index contributed by atoms with van der Waals surface area (Å²) in [5.74, 6) is -0.580. The van der Waals surface area contributed by atoms with Crippen molar-refractivity contribution in [3.05, 3.63) is 106 Å². The third kappa shape index (κ3) is 5.57. The van der Waals surface area contributed by atoms with Crippen LogP contribution in [0.4, 0.5) is 10.5 Å². The summed E-state index contributed by atoms with van der Waals surface area (Å²) in [5.41, 5.74) is 3.12. The van der Waals surface area contributed by atoms with Crippen LogP contribution in [0.5, 0.6) is 11.5 Å². The maximum absolute atomic E-state index is 13.3. The molecule has 1 saturated heterocycles. The molecule has 1 N–H and O–H groups in total. The van der Waals surface area contributed by atoms with Gasteiger partial charge >= 0.3 is 6.03 Å². The third-order valence-corrected chi connectivity index (χ3v) is 6.20. The molecule has 7 nitrogen and oxygen atoms in total. The van der Waals surface area contributed by atoms with Crippen LogP contribution in [-0.4, -0.2) is 25.0 Å². The van der Waals surface area contributed by atoms with Gasteiger partial charge in [0.15, 0.2) is 11.5 Å². The Morgan fingerprint density at radius 3 is 2.49 bits per heavy atom. The maximum Gasteiger partial charge on any atom is 0.335 e. The number of benzene rings is 3. The Labute approximate surface area is 219 Å². The first-order chi connectivity index (χ1) is 17.8. The summed E-state index contributed by atoms with van der Waals surface area (Å²) < 4.78 is 11.7. The average Bonchev–Trinajstić information content (AvgIpc) is 2.88. The molecule has 0 radical (unpaired) electrons. The second kappa shape index (κ2) is 11.1. The van der Waals surface area contributed by atoms with E-state index in [2.05, 4.69) is 11.9 Å². The van der Waals surface area contributed by atoms with Gasteiger partial charge in [-0.15, -0.1) is 6.58 Å². The minimum atomic E-state index is -0.846. The summed E-state index contributed by atoms with van der Waals surface area (Å²) in [7, 11) is 1.51. The molecule has 0 unspecified atom stereocenters. The Morgan fingerprint density at radius 1 is 1.05 bits per heavy atom. The molecule has 1 aliphatic rings. The highest BCUT2D eigenvalue weighted by Gasteiger charge is 2.37. The first-order valence-corrected chi connectivity index (χ1v) is 11.9. The van der Waals surface area contributed by atoms with E-state index in [0.717, 1.165) is 21.6 Å². The minimum absolute atomic E-state index is 0.208. The average molecular weight is 517 g/mol. The van der Waals surface area contributed by atoms with Crippen molar-refractivity contribution in [1.29, 1.82) is 0 Å². The van der Waals surface area contributed by atoms with E-state index in [-0.39, 0.29) is 11.3 Å². The number of hydrogen-bond donors (Lipinski definition) is 1. The molecule has 3 aromatic carbocycles. The van der Waals surface area contributed by atoms with Crippen LogP contribution in [0.3, 0.4) is 0 Å². The second-order valence-corrected chi connectivity index (χ2v) is 8.78. The Bertz CT molecular complexity index is 1420. The normalized spacial score (nSPS) is 14.5. The Balaban J connectivity index is 1.71. The van der Waals surface area contributed by atoms with Crippen molar-refractivity contribution < 1.29 is 23.9 Å². The SMILES string of the molecule is C=CCc1cc(/C=C2/C(=O)NC(=O)N(c3ccc(C)c(Cl)c3)C2=O)cc(OC)c1OCc1ccccc1. The maximum atomic E-state index is 13.3. The molecule has 0 bridgehead atoms. The molecule has 1 heterocycles. The van der Waals surface area contributed by atoms with Gasteiger partial charge in [0.25, 0.3) is 11.8 Å². The van der Waals surface area contributed by atoms with E-state index in [0.29, 0.717) is 35.1 Å². The van der Waals surface area contributed by atoms with Crippen LogP contribution in [0.15, 0.2) is 78.9 Å². The monoisotopic (exact) mass is 516 g/mol. The lowest BCUT2D eigenvalue weighted by atomic mass is 10.0. The van der Waals surface area contributed by atoms with E-state index in [4.69, 9.17) is 21.1 Å². The predicted molar refractivity (Wildman–Crippen MR) is 143 cm³/mol. The van der Waals surface area contributed by atoms with Crippen LogP contribution in [0.2, 0.25) is 5.02 Å². The summed E-state index contributed by atoms with van der Waals surface area (Å²) >= 11 is 6.20. The standard InChI is InChI=1S/C29H25ClN2O5/c1-4-8-21-13-20(15-25(36-3)26(21)37-17-19-9-6-5-7-10-19)14-23-27(33)31-29(35)32(28(23)34)22-12-11-18(2)24(30)16-22/h4-7,9-16H,1,8,17H2,2-3H3,(H,31,33,35)/b23-14-. The van der Waals surface area contributed by atoms with Gasteiger partial charge in [-0.25, -0.2) is 9.69 Å². The fourth-order valence-electron chi connectivity index (χ4n) is 3.90. The van der Waals surface area contributed by atoms with Crippen molar-refractivity contribution in [2.24, 2.45) is 0 Å². The van der Waals surface area contributed by atoms with Crippen LogP contribution < -0.4 is 19.7 Å². The van der Waals surface area contributed by atoms with Crippen molar-refractivity contribution in [2.45, 2.75) is 20.0 Å². The van der Waals surface area contributed by atoms with Gasteiger partial charge in [-0.3, -0.25) is 14.9 Å². The number of barbiturate groups is 1. The van der Waals surface area contributed by atoms with Crippen LogP contribution >= 0.6 is 11.6 Å². The fourth-order valence-corrected chi connectivity index (χ4v) is 4.07. The second-order valence-electron chi connectivity index (χ2n) is 8.37. The van der Waals surface area contributed by atoms with Gasteiger partial charge in [0.05, 0.1) is 12.8 Å². The molecular formula is C29H25ClN2O5. The lowest BCUT2D eigenvalue weighted by Crippen LogP contribution is -2.54. The number of amides is 4. The molecule has 37 heavy (non-hydrogen) atoms. The molecule has 188 valence electrons. The summed E-state index contributed by atoms with van der Waals surface area (Å²) in [5, 5.41) is 2.62. The molecular weight excluding hydrogens is 492 g/mol.